The molecule has 0 aromatic heterocycles. The number of aliphatic hydroxyl groups excluding tert-OH is 1. The lowest BCUT2D eigenvalue weighted by molar-refractivity contribution is -0.119. The van der Waals surface area contributed by atoms with Crippen LogP contribution in [0.5, 0.6) is 0 Å². The Balaban J connectivity index is 2.76. The monoisotopic (exact) mass is 354 g/mol. The SMILES string of the molecule is CC(=O)NNC(=S)/N=C/C(C(=O)Nc1ccc(Cl)cc1)=C(\C)O. The number of nitrogens with one attached hydrogen (secondary N) is 3. The lowest BCUT2D eigenvalue weighted by Crippen LogP contribution is -2.38. The van der Waals surface area contributed by atoms with Crippen LogP contribution in [0, 0.1) is 0 Å². The van der Waals surface area contributed by atoms with Crippen LogP contribution >= 0.6 is 23.8 Å². The first-order valence-electron chi connectivity index (χ1n) is 6.37. The van der Waals surface area contributed by atoms with Gasteiger partial charge >= 0.3 is 0 Å². The molecule has 0 bridgehead atoms. The van der Waals surface area contributed by atoms with Gasteiger partial charge in [0.25, 0.3) is 5.91 Å². The highest BCUT2D eigenvalue weighted by molar-refractivity contribution is 7.80. The van der Waals surface area contributed by atoms with Gasteiger partial charge in [0.05, 0.1) is 5.57 Å². The minimum absolute atomic E-state index is 0.0711. The Morgan fingerprint density at radius 1 is 1.22 bits per heavy atom. The predicted octanol–water partition coefficient (Wildman–Crippen LogP) is 2.11. The van der Waals surface area contributed by atoms with Gasteiger partial charge < -0.3 is 10.4 Å². The number of hydrogen-bond acceptors (Lipinski definition) is 4. The van der Waals surface area contributed by atoms with Crippen LogP contribution in [0.3, 0.4) is 0 Å². The smallest absolute Gasteiger partial charge is 0.260 e. The van der Waals surface area contributed by atoms with Crippen molar-refractivity contribution in [2.75, 3.05) is 5.32 Å². The summed E-state index contributed by atoms with van der Waals surface area (Å²) in [5.41, 5.74) is 5.02. The maximum Gasteiger partial charge on any atom is 0.260 e. The fourth-order valence-electron chi connectivity index (χ4n) is 1.34. The number of benzene rings is 1. The molecule has 0 radical (unpaired) electrons. The number of aliphatic hydroxyl groups is 1. The van der Waals surface area contributed by atoms with Crippen molar-refractivity contribution in [2.45, 2.75) is 13.8 Å². The Morgan fingerprint density at radius 3 is 2.35 bits per heavy atom. The molecule has 0 heterocycles. The number of anilines is 1. The molecule has 0 saturated carbocycles. The molecule has 2 amide bonds. The van der Waals surface area contributed by atoms with Crippen LogP contribution in [-0.2, 0) is 9.59 Å². The van der Waals surface area contributed by atoms with Crippen molar-refractivity contribution in [3.63, 3.8) is 0 Å². The average molecular weight is 355 g/mol. The number of hydrazine groups is 1. The van der Waals surface area contributed by atoms with Crippen LogP contribution in [0.1, 0.15) is 13.8 Å². The number of hydrogen-bond donors (Lipinski definition) is 4. The molecule has 9 heteroatoms. The van der Waals surface area contributed by atoms with Crippen molar-refractivity contribution in [3.8, 4) is 0 Å². The maximum atomic E-state index is 12.1. The van der Waals surface area contributed by atoms with Gasteiger partial charge in [0, 0.05) is 23.8 Å². The summed E-state index contributed by atoms with van der Waals surface area (Å²) in [6.45, 7) is 2.63. The number of carbonyl (C=O) groups excluding carboxylic acids is 2. The number of carbonyl (C=O) groups is 2. The number of allylic oxidation sites excluding steroid dienone is 1. The molecule has 0 spiro atoms. The standard InChI is InChI=1S/C14H15ClN4O3S/c1-8(20)12(7-16-14(23)19-18-9(2)21)13(22)17-11-5-3-10(15)4-6-11/h3-7,20H,1-2H3,(H,17,22)(H,18,21)(H,19,23)/b12-8-,16-7+. The normalized spacial score (nSPS) is 11.6. The van der Waals surface area contributed by atoms with Gasteiger partial charge in [0.15, 0.2) is 0 Å². The van der Waals surface area contributed by atoms with E-state index in [1.54, 1.807) is 24.3 Å². The Labute approximate surface area is 143 Å². The van der Waals surface area contributed by atoms with Crippen LogP contribution < -0.4 is 16.2 Å². The number of halogens is 1. The first-order valence-corrected chi connectivity index (χ1v) is 7.15. The van der Waals surface area contributed by atoms with Crippen LogP contribution in [0.15, 0.2) is 40.6 Å². The molecule has 0 aliphatic heterocycles. The van der Waals surface area contributed by atoms with Gasteiger partial charge in [-0.1, -0.05) is 11.6 Å². The molecule has 4 N–H and O–H groups in total. The molecule has 0 fully saturated rings. The second kappa shape index (κ2) is 8.86. The van der Waals surface area contributed by atoms with Gasteiger partial charge in [-0.3, -0.25) is 20.4 Å². The van der Waals surface area contributed by atoms with E-state index in [-0.39, 0.29) is 22.4 Å². The van der Waals surface area contributed by atoms with E-state index in [4.69, 9.17) is 23.8 Å². The van der Waals surface area contributed by atoms with Gasteiger partial charge in [0.1, 0.15) is 5.76 Å². The van der Waals surface area contributed by atoms with E-state index < -0.39 is 5.91 Å². The summed E-state index contributed by atoms with van der Waals surface area (Å²) in [5, 5.41) is 12.7. The third kappa shape index (κ3) is 6.90. The molecule has 1 aromatic rings. The number of aliphatic imine (C=N–C) groups is 1. The second-order valence-electron chi connectivity index (χ2n) is 4.33. The predicted molar refractivity (Wildman–Crippen MR) is 93.5 cm³/mol. The summed E-state index contributed by atoms with van der Waals surface area (Å²) in [7, 11) is 0. The van der Waals surface area contributed by atoms with E-state index in [0.29, 0.717) is 10.7 Å². The van der Waals surface area contributed by atoms with Crippen molar-refractivity contribution >= 4 is 52.6 Å². The van der Waals surface area contributed by atoms with Crippen LogP contribution in [0.25, 0.3) is 0 Å². The molecule has 0 atom stereocenters. The highest BCUT2D eigenvalue weighted by atomic mass is 35.5. The van der Waals surface area contributed by atoms with Gasteiger partial charge in [-0.2, -0.15) is 0 Å². The Bertz CT molecular complexity index is 667. The van der Waals surface area contributed by atoms with Crippen molar-refractivity contribution < 1.29 is 14.7 Å². The summed E-state index contributed by atoms with van der Waals surface area (Å²) in [6.07, 6.45) is 1.09. The van der Waals surface area contributed by atoms with Crippen LogP contribution in [0.4, 0.5) is 5.69 Å². The molecule has 0 aliphatic carbocycles. The largest absolute Gasteiger partial charge is 0.512 e. The van der Waals surface area contributed by atoms with Gasteiger partial charge in [-0.25, -0.2) is 4.99 Å². The lowest BCUT2D eigenvalue weighted by Gasteiger charge is -2.07. The third-order valence-electron chi connectivity index (χ3n) is 2.39. The number of nitrogens with zero attached hydrogens (tertiary/aromatic N) is 1. The molecule has 1 rings (SSSR count). The molecule has 23 heavy (non-hydrogen) atoms. The van der Waals surface area contributed by atoms with E-state index >= 15 is 0 Å². The molecule has 0 aliphatic rings. The van der Waals surface area contributed by atoms with Crippen LogP contribution in [0.2, 0.25) is 5.02 Å². The zero-order valence-electron chi connectivity index (χ0n) is 12.4. The second-order valence-corrected chi connectivity index (χ2v) is 5.15. The van der Waals surface area contributed by atoms with E-state index in [9.17, 15) is 14.7 Å². The summed E-state index contributed by atoms with van der Waals surface area (Å²) in [4.78, 5) is 26.6. The van der Waals surface area contributed by atoms with Gasteiger partial charge in [-0.15, -0.1) is 0 Å². The number of thiocarbonyl (C=S) groups is 1. The summed E-state index contributed by atoms with van der Waals surface area (Å²) in [6, 6.07) is 6.47. The summed E-state index contributed by atoms with van der Waals surface area (Å²) >= 11 is 10.6. The minimum Gasteiger partial charge on any atom is -0.512 e. The molecular formula is C14H15ClN4O3S. The van der Waals surface area contributed by atoms with Crippen molar-refractivity contribution in [1.29, 1.82) is 0 Å². The van der Waals surface area contributed by atoms with Crippen molar-refractivity contribution in [2.24, 2.45) is 4.99 Å². The summed E-state index contributed by atoms with van der Waals surface area (Å²) in [5.74, 6) is -1.15. The third-order valence-corrected chi connectivity index (χ3v) is 2.85. The quantitative estimate of drug-likeness (QED) is 0.219. The number of amides is 2. The zero-order chi connectivity index (χ0) is 17.4. The van der Waals surface area contributed by atoms with E-state index in [2.05, 4.69) is 21.2 Å². The van der Waals surface area contributed by atoms with Gasteiger partial charge in [0.2, 0.25) is 11.0 Å². The zero-order valence-corrected chi connectivity index (χ0v) is 14.0. The molecule has 1 aromatic carbocycles. The molecule has 0 saturated heterocycles. The molecular weight excluding hydrogens is 340 g/mol. The van der Waals surface area contributed by atoms with Crippen molar-refractivity contribution in [3.05, 3.63) is 40.6 Å². The minimum atomic E-state index is -0.571. The maximum absolute atomic E-state index is 12.1. The molecule has 0 unspecified atom stereocenters. The van der Waals surface area contributed by atoms with Gasteiger partial charge in [-0.05, 0) is 43.4 Å². The lowest BCUT2D eigenvalue weighted by atomic mass is 10.2. The number of rotatable bonds is 3. The first-order chi connectivity index (χ1) is 10.8. The highest BCUT2D eigenvalue weighted by Crippen LogP contribution is 2.14. The summed E-state index contributed by atoms with van der Waals surface area (Å²) < 4.78 is 0. The highest BCUT2D eigenvalue weighted by Gasteiger charge is 2.11. The first kappa shape index (κ1) is 18.6. The van der Waals surface area contributed by atoms with E-state index in [1.165, 1.54) is 13.8 Å². The fourth-order valence-corrected chi connectivity index (χ4v) is 1.57. The topological polar surface area (TPSA) is 103 Å². The van der Waals surface area contributed by atoms with Crippen LogP contribution in [-0.4, -0.2) is 28.2 Å². The average Bonchev–Trinajstić information content (AvgIpc) is 2.47. The fraction of sp³-hybridized carbons (Fsp3) is 0.143. The Hall–Kier alpha value is -2.45. The van der Waals surface area contributed by atoms with Crippen molar-refractivity contribution in [1.82, 2.24) is 10.9 Å². The molecule has 7 nitrogen and oxygen atoms in total. The Morgan fingerprint density at radius 2 is 1.83 bits per heavy atom. The van der Waals surface area contributed by atoms with E-state index in [1.807, 2.05) is 0 Å². The Kier molecular flexibility index (Phi) is 7.17. The van der Waals surface area contributed by atoms with E-state index in [0.717, 1.165) is 6.21 Å². The molecule has 122 valence electrons.